The fourth-order valence-corrected chi connectivity index (χ4v) is 3.80. The van der Waals surface area contributed by atoms with Crippen LogP contribution in [0.5, 0.6) is 0 Å². The molecule has 0 radical (unpaired) electrons. The van der Waals surface area contributed by atoms with E-state index in [9.17, 15) is 0 Å². The molecule has 1 aliphatic carbocycles. The van der Waals surface area contributed by atoms with Crippen molar-refractivity contribution in [2.75, 3.05) is 46.3 Å². The van der Waals surface area contributed by atoms with E-state index in [0.29, 0.717) is 5.41 Å². The van der Waals surface area contributed by atoms with Gasteiger partial charge in [0.2, 0.25) is 0 Å². The van der Waals surface area contributed by atoms with Gasteiger partial charge in [0.25, 0.3) is 0 Å². The molecule has 0 spiro atoms. The first-order valence-corrected chi connectivity index (χ1v) is 9.05. The highest BCUT2D eigenvalue weighted by molar-refractivity contribution is 4.90. The molecule has 1 saturated heterocycles. The van der Waals surface area contributed by atoms with Gasteiger partial charge in [-0.2, -0.15) is 0 Å². The molecule has 21 heavy (non-hydrogen) atoms. The Hall–Kier alpha value is -0.120. The molecular formula is C18H37N3. The third-order valence-electron chi connectivity index (χ3n) is 5.31. The standard InChI is InChI=1S/C18H37N3/c1-17(2,3)19-15-18(9-7-5-6-8-10-18)16-21-13-11-20(4)12-14-21/h19H,5-16H2,1-4H3. The van der Waals surface area contributed by atoms with Gasteiger partial charge in [0.15, 0.2) is 0 Å². The maximum absolute atomic E-state index is 3.82. The van der Waals surface area contributed by atoms with E-state index in [2.05, 4.69) is 42.9 Å². The van der Waals surface area contributed by atoms with Gasteiger partial charge in [0, 0.05) is 44.8 Å². The normalized spacial score (nSPS) is 25.7. The average molecular weight is 296 g/mol. The zero-order chi connectivity index (χ0) is 15.3. The predicted molar refractivity (Wildman–Crippen MR) is 91.8 cm³/mol. The van der Waals surface area contributed by atoms with Crippen LogP contribution < -0.4 is 5.32 Å². The summed E-state index contributed by atoms with van der Waals surface area (Å²) in [5.41, 5.74) is 0.751. The van der Waals surface area contributed by atoms with Crippen molar-refractivity contribution >= 4 is 0 Å². The number of hydrogen-bond acceptors (Lipinski definition) is 3. The van der Waals surface area contributed by atoms with Crippen LogP contribution in [0.2, 0.25) is 0 Å². The molecule has 0 aromatic rings. The molecule has 3 nitrogen and oxygen atoms in total. The van der Waals surface area contributed by atoms with E-state index in [-0.39, 0.29) is 5.54 Å². The molecule has 2 fully saturated rings. The number of likely N-dealkylation sites (N-methyl/N-ethyl adjacent to an activating group) is 1. The Kier molecular flexibility index (Phi) is 6.10. The van der Waals surface area contributed by atoms with Gasteiger partial charge < -0.3 is 15.1 Å². The summed E-state index contributed by atoms with van der Waals surface area (Å²) >= 11 is 0. The molecule has 1 aliphatic heterocycles. The van der Waals surface area contributed by atoms with Crippen LogP contribution in [-0.2, 0) is 0 Å². The van der Waals surface area contributed by atoms with Crippen LogP contribution in [-0.4, -0.2) is 61.7 Å². The highest BCUT2D eigenvalue weighted by Gasteiger charge is 2.34. The quantitative estimate of drug-likeness (QED) is 0.805. The van der Waals surface area contributed by atoms with Crippen LogP contribution >= 0.6 is 0 Å². The molecule has 0 aromatic carbocycles. The predicted octanol–water partition coefficient (Wildman–Crippen LogP) is 2.96. The van der Waals surface area contributed by atoms with Crippen molar-refractivity contribution in [1.29, 1.82) is 0 Å². The maximum Gasteiger partial charge on any atom is 0.0110 e. The van der Waals surface area contributed by atoms with Crippen molar-refractivity contribution in [3.63, 3.8) is 0 Å². The Balaban J connectivity index is 1.96. The second-order valence-corrected chi connectivity index (χ2v) is 8.60. The van der Waals surface area contributed by atoms with Crippen LogP contribution in [0.4, 0.5) is 0 Å². The minimum atomic E-state index is 0.238. The molecule has 2 aliphatic rings. The first-order chi connectivity index (χ1) is 9.89. The summed E-state index contributed by atoms with van der Waals surface area (Å²) in [6.07, 6.45) is 8.59. The van der Waals surface area contributed by atoms with Crippen LogP contribution in [0, 0.1) is 5.41 Å². The monoisotopic (exact) mass is 295 g/mol. The number of piperazine rings is 1. The van der Waals surface area contributed by atoms with E-state index < -0.39 is 0 Å². The van der Waals surface area contributed by atoms with Crippen molar-refractivity contribution < 1.29 is 0 Å². The zero-order valence-electron chi connectivity index (χ0n) is 14.9. The van der Waals surface area contributed by atoms with E-state index in [1.54, 1.807) is 0 Å². The first-order valence-electron chi connectivity index (χ1n) is 9.05. The van der Waals surface area contributed by atoms with Gasteiger partial charge in [0.05, 0.1) is 0 Å². The molecule has 0 unspecified atom stereocenters. The average Bonchev–Trinajstić information content (AvgIpc) is 2.65. The van der Waals surface area contributed by atoms with Crippen molar-refractivity contribution in [3.8, 4) is 0 Å². The second kappa shape index (κ2) is 7.43. The fraction of sp³-hybridized carbons (Fsp3) is 1.00. The van der Waals surface area contributed by atoms with E-state index in [1.807, 2.05) is 0 Å². The summed E-state index contributed by atoms with van der Waals surface area (Å²) in [5.74, 6) is 0. The molecule has 124 valence electrons. The van der Waals surface area contributed by atoms with Crippen molar-refractivity contribution in [2.45, 2.75) is 64.8 Å². The molecule has 0 amide bonds. The Labute approximate surface area is 132 Å². The second-order valence-electron chi connectivity index (χ2n) is 8.60. The summed E-state index contributed by atoms with van der Waals surface area (Å²) in [5, 5.41) is 3.82. The van der Waals surface area contributed by atoms with Gasteiger partial charge in [-0.3, -0.25) is 0 Å². The fourth-order valence-electron chi connectivity index (χ4n) is 3.80. The Morgan fingerprint density at radius 1 is 0.905 bits per heavy atom. The van der Waals surface area contributed by atoms with E-state index in [0.717, 1.165) is 0 Å². The minimum absolute atomic E-state index is 0.238. The van der Waals surface area contributed by atoms with Gasteiger partial charge in [-0.15, -0.1) is 0 Å². The molecule has 0 atom stereocenters. The third kappa shape index (κ3) is 5.88. The van der Waals surface area contributed by atoms with Crippen molar-refractivity contribution in [2.24, 2.45) is 5.41 Å². The zero-order valence-corrected chi connectivity index (χ0v) is 14.9. The van der Waals surface area contributed by atoms with E-state index in [1.165, 1.54) is 77.8 Å². The van der Waals surface area contributed by atoms with E-state index >= 15 is 0 Å². The van der Waals surface area contributed by atoms with E-state index in [4.69, 9.17) is 0 Å². The molecule has 2 rings (SSSR count). The smallest absolute Gasteiger partial charge is 0.0110 e. The maximum atomic E-state index is 3.82. The van der Waals surface area contributed by atoms with Gasteiger partial charge in [0.1, 0.15) is 0 Å². The SMILES string of the molecule is CN1CCN(CC2(CNC(C)(C)C)CCCCCC2)CC1. The number of nitrogens with zero attached hydrogens (tertiary/aromatic N) is 2. The van der Waals surface area contributed by atoms with Crippen LogP contribution in [0.25, 0.3) is 0 Å². The summed E-state index contributed by atoms with van der Waals surface area (Å²) in [4.78, 5) is 5.19. The molecule has 1 saturated carbocycles. The Morgan fingerprint density at radius 3 is 2.00 bits per heavy atom. The van der Waals surface area contributed by atoms with Gasteiger partial charge in [-0.1, -0.05) is 25.7 Å². The molecule has 1 heterocycles. The summed E-state index contributed by atoms with van der Waals surface area (Å²) in [7, 11) is 2.25. The third-order valence-corrected chi connectivity index (χ3v) is 5.31. The van der Waals surface area contributed by atoms with Gasteiger partial charge >= 0.3 is 0 Å². The first kappa shape index (κ1) is 17.2. The van der Waals surface area contributed by atoms with Crippen LogP contribution in [0.15, 0.2) is 0 Å². The van der Waals surface area contributed by atoms with Crippen LogP contribution in [0.3, 0.4) is 0 Å². The number of rotatable bonds is 4. The van der Waals surface area contributed by atoms with Crippen molar-refractivity contribution in [3.05, 3.63) is 0 Å². The lowest BCUT2D eigenvalue weighted by atomic mass is 9.79. The summed E-state index contributed by atoms with van der Waals surface area (Å²) in [6.45, 7) is 14.4. The lowest BCUT2D eigenvalue weighted by molar-refractivity contribution is 0.0797. The molecular weight excluding hydrogens is 258 g/mol. The summed E-state index contributed by atoms with van der Waals surface area (Å²) in [6, 6.07) is 0. The highest BCUT2D eigenvalue weighted by atomic mass is 15.2. The largest absolute Gasteiger partial charge is 0.311 e. The number of nitrogens with one attached hydrogen (secondary N) is 1. The molecule has 0 bridgehead atoms. The van der Waals surface area contributed by atoms with Gasteiger partial charge in [-0.05, 0) is 46.1 Å². The lowest BCUT2D eigenvalue weighted by Gasteiger charge is -2.42. The molecule has 0 aromatic heterocycles. The molecule has 3 heteroatoms. The highest BCUT2D eigenvalue weighted by Crippen LogP contribution is 2.36. The topological polar surface area (TPSA) is 18.5 Å². The molecule has 1 N–H and O–H groups in total. The minimum Gasteiger partial charge on any atom is -0.311 e. The Bertz CT molecular complexity index is 292. The Morgan fingerprint density at radius 2 is 1.48 bits per heavy atom. The lowest BCUT2D eigenvalue weighted by Crippen LogP contribution is -2.52. The summed E-state index contributed by atoms with van der Waals surface area (Å²) < 4.78 is 0. The van der Waals surface area contributed by atoms with Crippen LogP contribution in [0.1, 0.15) is 59.3 Å². The van der Waals surface area contributed by atoms with Crippen molar-refractivity contribution in [1.82, 2.24) is 15.1 Å². The van der Waals surface area contributed by atoms with Gasteiger partial charge in [-0.25, -0.2) is 0 Å². The number of hydrogen-bond donors (Lipinski definition) is 1.